The number of nitrogens with zero attached hydrogens (tertiary/aromatic N) is 6. The smallest absolute Gasteiger partial charge is 0.433 e. The van der Waals surface area contributed by atoms with E-state index in [9.17, 15) is 23.1 Å². The molecule has 0 unspecified atom stereocenters. The maximum Gasteiger partial charge on any atom is 0.433 e. The first-order valence-corrected chi connectivity index (χ1v) is 12.9. The molecule has 5 rings (SSSR count). The first-order chi connectivity index (χ1) is 19.7. The molecule has 212 valence electrons. The summed E-state index contributed by atoms with van der Waals surface area (Å²) in [5.41, 5.74) is 0.606. The predicted molar refractivity (Wildman–Crippen MR) is 143 cm³/mol. The molecule has 0 saturated carbocycles. The van der Waals surface area contributed by atoms with E-state index in [0.29, 0.717) is 47.6 Å². The molecule has 1 saturated heterocycles. The van der Waals surface area contributed by atoms with Gasteiger partial charge in [-0.3, -0.25) is 9.69 Å². The number of hydrogen-bond donors (Lipinski definition) is 1. The number of halogens is 3. The van der Waals surface area contributed by atoms with Crippen LogP contribution in [-0.2, 0) is 6.18 Å². The van der Waals surface area contributed by atoms with Crippen molar-refractivity contribution in [2.24, 2.45) is 0 Å². The molecule has 1 N–H and O–H groups in total. The van der Waals surface area contributed by atoms with Crippen molar-refractivity contribution in [1.82, 2.24) is 24.4 Å². The maximum atomic E-state index is 14.2. The number of ether oxygens (including phenoxy) is 1. The molecule has 9 nitrogen and oxygen atoms in total. The maximum absolute atomic E-state index is 14.2. The second-order valence-electron chi connectivity index (χ2n) is 9.71. The molecule has 0 bridgehead atoms. The van der Waals surface area contributed by atoms with Crippen molar-refractivity contribution < 1.29 is 27.8 Å². The van der Waals surface area contributed by atoms with Crippen LogP contribution >= 0.6 is 0 Å². The molecule has 3 heterocycles. The Labute approximate surface area is 234 Å². The van der Waals surface area contributed by atoms with Gasteiger partial charge in [-0.05, 0) is 48.9 Å². The highest BCUT2D eigenvalue weighted by atomic mass is 19.4. The fraction of sp³-hybridized carbons (Fsp3) is 0.310. The summed E-state index contributed by atoms with van der Waals surface area (Å²) in [5, 5.41) is 23.0. The van der Waals surface area contributed by atoms with Gasteiger partial charge in [0, 0.05) is 37.3 Å². The molecule has 1 amide bonds. The van der Waals surface area contributed by atoms with E-state index in [4.69, 9.17) is 10.00 Å². The number of aliphatic hydroxyl groups is 1. The van der Waals surface area contributed by atoms with Crippen LogP contribution in [0, 0.1) is 18.3 Å². The molecule has 2 aromatic carbocycles. The zero-order valence-electron chi connectivity index (χ0n) is 22.4. The van der Waals surface area contributed by atoms with Crippen molar-refractivity contribution in [3.8, 4) is 23.1 Å². The van der Waals surface area contributed by atoms with Gasteiger partial charge < -0.3 is 14.7 Å². The van der Waals surface area contributed by atoms with Gasteiger partial charge in [0.1, 0.15) is 11.3 Å². The number of methoxy groups -OCH3 is 1. The first-order valence-electron chi connectivity index (χ1n) is 12.9. The summed E-state index contributed by atoms with van der Waals surface area (Å²) >= 11 is 0. The van der Waals surface area contributed by atoms with Gasteiger partial charge in [-0.1, -0.05) is 12.1 Å². The molecule has 1 fully saturated rings. The summed E-state index contributed by atoms with van der Waals surface area (Å²) in [5.74, 6) is 0.0780. The third kappa shape index (κ3) is 5.33. The molecule has 2 aromatic heterocycles. The Morgan fingerprint density at radius 3 is 2.32 bits per heavy atom. The average Bonchev–Trinajstić information content (AvgIpc) is 3.40. The summed E-state index contributed by atoms with van der Waals surface area (Å²) in [7, 11) is 1.49. The molecule has 12 heteroatoms. The van der Waals surface area contributed by atoms with Crippen molar-refractivity contribution in [2.75, 3.05) is 39.9 Å². The van der Waals surface area contributed by atoms with Gasteiger partial charge in [0.15, 0.2) is 11.3 Å². The number of benzene rings is 2. The normalized spacial score (nSPS) is 15.1. The Bertz CT molecular complexity index is 1600. The second kappa shape index (κ2) is 11.2. The van der Waals surface area contributed by atoms with Gasteiger partial charge in [0.25, 0.3) is 5.91 Å². The Morgan fingerprint density at radius 1 is 1.10 bits per heavy atom. The van der Waals surface area contributed by atoms with Crippen molar-refractivity contribution in [3.05, 3.63) is 82.7 Å². The van der Waals surface area contributed by atoms with Crippen LogP contribution in [0.4, 0.5) is 13.2 Å². The summed E-state index contributed by atoms with van der Waals surface area (Å²) in [6, 6.07) is 15.2. The minimum atomic E-state index is -4.74. The lowest BCUT2D eigenvalue weighted by Crippen LogP contribution is -2.50. The van der Waals surface area contributed by atoms with E-state index in [1.54, 1.807) is 53.4 Å². The molecular formula is C29H27F3N6O3. The van der Waals surface area contributed by atoms with Crippen LogP contribution in [0.25, 0.3) is 16.9 Å². The third-order valence-corrected chi connectivity index (χ3v) is 7.39. The lowest BCUT2D eigenvalue weighted by Gasteiger charge is -2.38. The third-order valence-electron chi connectivity index (χ3n) is 7.39. The van der Waals surface area contributed by atoms with Gasteiger partial charge in [-0.25, -0.2) is 9.50 Å². The zero-order valence-corrected chi connectivity index (χ0v) is 22.4. The highest BCUT2D eigenvalue weighted by molar-refractivity contribution is 6.00. The van der Waals surface area contributed by atoms with E-state index in [1.807, 2.05) is 4.90 Å². The van der Waals surface area contributed by atoms with Crippen LogP contribution in [0.1, 0.15) is 38.8 Å². The fourth-order valence-corrected chi connectivity index (χ4v) is 5.21. The lowest BCUT2D eigenvalue weighted by molar-refractivity contribution is -0.143. The highest BCUT2D eigenvalue weighted by Crippen LogP contribution is 2.37. The number of alkyl halides is 3. The average molecular weight is 565 g/mol. The van der Waals surface area contributed by atoms with Crippen molar-refractivity contribution in [3.63, 3.8) is 0 Å². The monoisotopic (exact) mass is 564 g/mol. The van der Waals surface area contributed by atoms with Gasteiger partial charge in [-0.15, -0.1) is 0 Å². The number of nitriles is 1. The number of aliphatic hydroxyl groups excluding tert-OH is 1. The van der Waals surface area contributed by atoms with Crippen LogP contribution in [0.5, 0.6) is 5.75 Å². The number of carbonyl (C=O) groups is 1. The van der Waals surface area contributed by atoms with Crippen LogP contribution in [0.15, 0.2) is 54.7 Å². The quantitative estimate of drug-likeness (QED) is 0.376. The first kappa shape index (κ1) is 28.1. The molecule has 1 aliphatic rings. The highest BCUT2D eigenvalue weighted by Gasteiger charge is 2.39. The number of piperazine rings is 1. The summed E-state index contributed by atoms with van der Waals surface area (Å²) in [6.07, 6.45) is -3.61. The van der Waals surface area contributed by atoms with Gasteiger partial charge in [0.2, 0.25) is 0 Å². The van der Waals surface area contributed by atoms with E-state index >= 15 is 0 Å². The second-order valence-corrected chi connectivity index (χ2v) is 9.71. The Morgan fingerprint density at radius 2 is 1.76 bits per heavy atom. The topological polar surface area (TPSA) is 107 Å². The zero-order chi connectivity index (χ0) is 29.3. The fourth-order valence-electron chi connectivity index (χ4n) is 5.21. The molecule has 0 aliphatic carbocycles. The number of rotatable bonds is 6. The molecule has 4 aromatic rings. The van der Waals surface area contributed by atoms with Crippen LogP contribution in [0.3, 0.4) is 0 Å². The molecule has 0 radical (unpaired) electrons. The van der Waals surface area contributed by atoms with Crippen LogP contribution in [0.2, 0.25) is 0 Å². The number of hydrogen-bond acceptors (Lipinski definition) is 7. The standard InChI is InChI=1S/C29H27F3N6O3/c1-18-25(21-7-9-22(41-2)10-8-21)35-27-23(16-34-38(27)26(18)29(30,31)32)28(40)37-13-11-36(12-14-37)24(17-39)20-5-3-19(15-33)4-6-20/h3-10,16,24,39H,11-14,17H2,1-2H3/t24-/m1/s1. The molecule has 41 heavy (non-hydrogen) atoms. The Hall–Kier alpha value is -4.47. The molecule has 1 atom stereocenters. The van der Waals surface area contributed by atoms with Crippen LogP contribution in [-0.4, -0.2) is 75.3 Å². The van der Waals surface area contributed by atoms with Crippen molar-refractivity contribution in [1.29, 1.82) is 5.26 Å². The summed E-state index contributed by atoms with van der Waals surface area (Å²) in [4.78, 5) is 21.7. The summed E-state index contributed by atoms with van der Waals surface area (Å²) < 4.78 is 48.6. The Balaban J connectivity index is 1.43. The number of amides is 1. The number of fused-ring (bicyclic) bond motifs is 1. The van der Waals surface area contributed by atoms with E-state index in [1.165, 1.54) is 14.0 Å². The van der Waals surface area contributed by atoms with Gasteiger partial charge >= 0.3 is 6.18 Å². The number of carbonyl (C=O) groups excluding carboxylic acids is 1. The lowest BCUT2D eigenvalue weighted by atomic mass is 10.0. The molecular weight excluding hydrogens is 537 g/mol. The minimum Gasteiger partial charge on any atom is -0.497 e. The number of aromatic nitrogens is 3. The Kier molecular flexibility index (Phi) is 7.66. The van der Waals surface area contributed by atoms with E-state index < -0.39 is 17.8 Å². The SMILES string of the molecule is COc1ccc(-c2nc3c(C(=O)N4CCN([C@H](CO)c5ccc(C#N)cc5)CC4)cnn3c(C(F)(F)F)c2C)cc1. The van der Waals surface area contributed by atoms with Crippen LogP contribution < -0.4 is 4.74 Å². The largest absolute Gasteiger partial charge is 0.497 e. The van der Waals surface area contributed by atoms with E-state index in [-0.39, 0.29) is 35.1 Å². The van der Waals surface area contributed by atoms with Crippen molar-refractivity contribution >= 4 is 11.6 Å². The van der Waals surface area contributed by atoms with E-state index in [0.717, 1.165) is 11.8 Å². The van der Waals surface area contributed by atoms with Gasteiger partial charge in [0.05, 0.1) is 43.3 Å². The predicted octanol–water partition coefficient (Wildman–Crippen LogP) is 4.10. The van der Waals surface area contributed by atoms with E-state index in [2.05, 4.69) is 16.2 Å². The van der Waals surface area contributed by atoms with Gasteiger partial charge in [-0.2, -0.15) is 23.5 Å². The minimum absolute atomic E-state index is 0.0236. The molecule has 0 spiro atoms. The summed E-state index contributed by atoms with van der Waals surface area (Å²) in [6.45, 7) is 2.66. The molecule has 1 aliphatic heterocycles. The van der Waals surface area contributed by atoms with Crippen molar-refractivity contribution in [2.45, 2.75) is 19.1 Å².